The van der Waals surface area contributed by atoms with E-state index in [2.05, 4.69) is 31.9 Å². The molecule has 0 aromatic carbocycles. The Hall–Kier alpha value is -0.440. The van der Waals surface area contributed by atoms with Crippen LogP contribution in [0.3, 0.4) is 0 Å². The molecule has 0 aliphatic carbocycles. The van der Waals surface area contributed by atoms with Crippen molar-refractivity contribution in [2.45, 2.75) is 34.1 Å². The van der Waals surface area contributed by atoms with Crippen molar-refractivity contribution in [3.05, 3.63) is 11.0 Å². The summed E-state index contributed by atoms with van der Waals surface area (Å²) in [6.45, 7) is 8.38. The molecule has 0 radical (unpaired) electrons. The molecular weight excluding hydrogens is 168 g/mol. The molecule has 0 rings (SSSR count). The van der Waals surface area contributed by atoms with Crippen molar-refractivity contribution >= 4 is 16.8 Å². The third kappa shape index (κ3) is 3.81. The van der Waals surface area contributed by atoms with Gasteiger partial charge in [-0.2, -0.15) is 5.10 Å². The molecule has 0 unspecified atom stereocenters. The van der Waals surface area contributed by atoms with Crippen LogP contribution in [0.2, 0.25) is 0 Å². The Bertz CT molecular complexity index is 183. The van der Waals surface area contributed by atoms with Gasteiger partial charge in [-0.15, -0.1) is 0 Å². The molecule has 0 amide bonds. The van der Waals surface area contributed by atoms with E-state index >= 15 is 0 Å². The minimum atomic E-state index is 0.418. The first-order valence-corrected chi connectivity index (χ1v) is 5.08. The lowest BCUT2D eigenvalue weighted by Gasteiger charge is -2.08. The van der Waals surface area contributed by atoms with Crippen LogP contribution in [-0.4, -0.2) is 5.04 Å². The first-order valence-electron chi connectivity index (χ1n) is 4.26. The summed E-state index contributed by atoms with van der Waals surface area (Å²) in [5.74, 6) is 5.69. The quantitative estimate of drug-likeness (QED) is 0.318. The summed E-state index contributed by atoms with van der Waals surface area (Å²) < 4.78 is 0. The molecule has 0 fully saturated rings. The molecule has 70 valence electrons. The molecule has 0 aromatic rings. The van der Waals surface area contributed by atoms with Crippen molar-refractivity contribution in [1.29, 1.82) is 0 Å². The Morgan fingerprint density at radius 1 is 1.58 bits per heavy atom. The minimum Gasteiger partial charge on any atom is -0.323 e. The smallest absolute Gasteiger partial charge is 0.0998 e. The molecule has 0 aliphatic heterocycles. The average molecular weight is 186 g/mol. The van der Waals surface area contributed by atoms with Crippen molar-refractivity contribution in [2.75, 3.05) is 0 Å². The summed E-state index contributed by atoms with van der Waals surface area (Å²) >= 11 is 1.68. The third-order valence-corrected chi connectivity index (χ3v) is 3.10. The first kappa shape index (κ1) is 11.6. The van der Waals surface area contributed by atoms with Crippen LogP contribution in [0.15, 0.2) is 16.1 Å². The fraction of sp³-hybridized carbons (Fsp3) is 0.667. The number of hydrogen-bond acceptors (Lipinski definition) is 3. The van der Waals surface area contributed by atoms with Gasteiger partial charge in [-0.3, -0.25) is 0 Å². The maximum absolute atomic E-state index is 5.27. The van der Waals surface area contributed by atoms with Crippen molar-refractivity contribution < 1.29 is 0 Å². The van der Waals surface area contributed by atoms with Crippen LogP contribution < -0.4 is 5.84 Å². The van der Waals surface area contributed by atoms with Gasteiger partial charge in [-0.1, -0.05) is 38.6 Å². The summed E-state index contributed by atoms with van der Waals surface area (Å²) in [6, 6.07) is 0. The highest BCUT2D eigenvalue weighted by Gasteiger charge is 2.07. The molecule has 12 heavy (non-hydrogen) atoms. The number of hydrazone groups is 1. The zero-order valence-electron chi connectivity index (χ0n) is 8.29. The van der Waals surface area contributed by atoms with E-state index in [-0.39, 0.29) is 0 Å². The molecule has 0 bridgehead atoms. The third-order valence-electron chi connectivity index (χ3n) is 1.53. The normalized spacial score (nSPS) is 14.1. The number of allylic oxidation sites excluding steroid dienone is 2. The first-order chi connectivity index (χ1) is 5.65. The fourth-order valence-electron chi connectivity index (χ4n) is 0.763. The van der Waals surface area contributed by atoms with E-state index in [1.807, 2.05) is 6.92 Å². The highest BCUT2D eigenvalue weighted by atomic mass is 32.2. The van der Waals surface area contributed by atoms with Gasteiger partial charge in [0.15, 0.2) is 0 Å². The number of nitrogens with zero attached hydrogens (tertiary/aromatic N) is 1. The van der Waals surface area contributed by atoms with E-state index in [0.29, 0.717) is 5.92 Å². The summed E-state index contributed by atoms with van der Waals surface area (Å²) in [4.78, 5) is 1.33. The Morgan fingerprint density at radius 2 is 2.17 bits per heavy atom. The Kier molecular flexibility index (Phi) is 5.89. The van der Waals surface area contributed by atoms with Crippen LogP contribution in [0.4, 0.5) is 0 Å². The zero-order chi connectivity index (χ0) is 9.56. The van der Waals surface area contributed by atoms with Crippen LogP contribution in [0.25, 0.3) is 0 Å². The van der Waals surface area contributed by atoms with Crippen molar-refractivity contribution in [3.8, 4) is 0 Å². The summed E-state index contributed by atoms with van der Waals surface area (Å²) in [7, 11) is 0. The number of rotatable bonds is 3. The van der Waals surface area contributed by atoms with Crippen LogP contribution >= 0.6 is 11.8 Å². The van der Waals surface area contributed by atoms with Gasteiger partial charge < -0.3 is 5.84 Å². The van der Waals surface area contributed by atoms with Gasteiger partial charge in [0.05, 0.1) is 5.04 Å². The lowest BCUT2D eigenvalue weighted by molar-refractivity contribution is 0.892. The number of thioether (sulfide) groups is 1. The van der Waals surface area contributed by atoms with Crippen molar-refractivity contribution in [1.82, 2.24) is 0 Å². The predicted octanol–water partition coefficient (Wildman–Crippen LogP) is 2.96. The largest absolute Gasteiger partial charge is 0.323 e. The summed E-state index contributed by atoms with van der Waals surface area (Å²) in [6.07, 6.45) is 3.16. The van der Waals surface area contributed by atoms with E-state index in [1.165, 1.54) is 4.91 Å². The zero-order valence-corrected chi connectivity index (χ0v) is 9.11. The van der Waals surface area contributed by atoms with E-state index < -0.39 is 0 Å². The Labute approximate surface area is 79.3 Å². The molecule has 0 spiro atoms. The van der Waals surface area contributed by atoms with Crippen LogP contribution in [-0.2, 0) is 0 Å². The second-order valence-corrected chi connectivity index (χ2v) is 3.98. The van der Waals surface area contributed by atoms with E-state index in [0.717, 1.165) is 11.5 Å². The average Bonchev–Trinajstić information content (AvgIpc) is 2.06. The molecule has 0 saturated carbocycles. The maximum Gasteiger partial charge on any atom is 0.0998 e. The van der Waals surface area contributed by atoms with Crippen LogP contribution in [0.1, 0.15) is 34.1 Å². The van der Waals surface area contributed by atoms with Gasteiger partial charge in [0.25, 0.3) is 0 Å². The number of hydrogen-bond donors (Lipinski definition) is 1. The molecule has 0 aliphatic rings. The molecule has 2 N–H and O–H groups in total. The van der Waals surface area contributed by atoms with Crippen LogP contribution in [0, 0.1) is 5.92 Å². The predicted molar refractivity (Wildman–Crippen MR) is 58.1 cm³/mol. The van der Waals surface area contributed by atoms with Gasteiger partial charge in [0.1, 0.15) is 0 Å². The highest BCUT2D eigenvalue weighted by molar-refractivity contribution is 8.17. The highest BCUT2D eigenvalue weighted by Crippen LogP contribution is 2.23. The molecule has 3 heteroatoms. The van der Waals surface area contributed by atoms with Crippen molar-refractivity contribution in [2.24, 2.45) is 16.9 Å². The molecule has 0 aromatic heterocycles. The number of nitrogens with two attached hydrogens (primary N) is 1. The van der Waals surface area contributed by atoms with Gasteiger partial charge >= 0.3 is 0 Å². The van der Waals surface area contributed by atoms with E-state index in [9.17, 15) is 0 Å². The molecule has 2 nitrogen and oxygen atoms in total. The lowest BCUT2D eigenvalue weighted by atomic mass is 10.2. The fourth-order valence-corrected chi connectivity index (χ4v) is 1.58. The van der Waals surface area contributed by atoms with Gasteiger partial charge in [0, 0.05) is 5.92 Å². The maximum atomic E-state index is 5.27. The van der Waals surface area contributed by atoms with Crippen molar-refractivity contribution in [3.63, 3.8) is 0 Å². The second kappa shape index (κ2) is 6.12. The van der Waals surface area contributed by atoms with Crippen LogP contribution in [0.5, 0.6) is 0 Å². The minimum absolute atomic E-state index is 0.418. The Balaban J connectivity index is 4.22. The molecule has 0 heterocycles. The second-order valence-electron chi connectivity index (χ2n) is 2.83. The SMILES string of the molecule is C/C=C(/CC)S/C(=N\N)C(C)C. The van der Waals surface area contributed by atoms with Gasteiger partial charge in [0.2, 0.25) is 0 Å². The van der Waals surface area contributed by atoms with Gasteiger partial charge in [-0.05, 0) is 18.2 Å². The van der Waals surface area contributed by atoms with E-state index in [1.54, 1.807) is 11.8 Å². The summed E-state index contributed by atoms with van der Waals surface area (Å²) in [5, 5.41) is 4.77. The molecule has 0 atom stereocenters. The Morgan fingerprint density at radius 3 is 2.42 bits per heavy atom. The lowest BCUT2D eigenvalue weighted by Crippen LogP contribution is -2.05. The molecular formula is C9H18N2S. The van der Waals surface area contributed by atoms with Gasteiger partial charge in [-0.25, -0.2) is 0 Å². The topological polar surface area (TPSA) is 38.4 Å². The monoisotopic (exact) mass is 186 g/mol. The summed E-state index contributed by atoms with van der Waals surface area (Å²) in [5.41, 5.74) is 0. The molecule has 0 saturated heterocycles. The van der Waals surface area contributed by atoms with E-state index in [4.69, 9.17) is 5.84 Å². The standard InChI is InChI=1S/C9H18N2S/c1-5-8(6-2)12-9(11-10)7(3)4/h5,7H,6,10H2,1-4H3/b8-5-,11-9-.